The predicted octanol–water partition coefficient (Wildman–Crippen LogP) is 9.64. The molecule has 2 heterocycles. The van der Waals surface area contributed by atoms with Gasteiger partial charge in [-0.3, -0.25) is 0 Å². The maximum Gasteiger partial charge on any atom is 0.465 e. The van der Waals surface area contributed by atoms with Gasteiger partial charge in [0.15, 0.2) is 0 Å². The number of halogens is 2. The Labute approximate surface area is 253 Å². The van der Waals surface area contributed by atoms with Crippen molar-refractivity contribution in [1.29, 1.82) is 0 Å². The van der Waals surface area contributed by atoms with Gasteiger partial charge in [0.05, 0.1) is 22.7 Å². The molecular formula is C32H26B2Br2N4. The Bertz CT molecular complexity index is 1430. The van der Waals surface area contributed by atoms with Gasteiger partial charge in [0.25, 0.3) is 0 Å². The van der Waals surface area contributed by atoms with E-state index < -0.39 is 0 Å². The van der Waals surface area contributed by atoms with Crippen LogP contribution in [0.25, 0.3) is 0 Å². The number of fused-ring (bicyclic) bond motifs is 2. The lowest BCUT2D eigenvalue weighted by molar-refractivity contribution is 1.29. The van der Waals surface area contributed by atoms with Crippen LogP contribution in [0.1, 0.15) is 11.1 Å². The van der Waals surface area contributed by atoms with Crippen molar-refractivity contribution in [2.45, 2.75) is 13.8 Å². The highest BCUT2D eigenvalue weighted by molar-refractivity contribution is 9.25. The topological polar surface area (TPSA) is 13.0 Å². The maximum atomic E-state index is 4.13. The monoisotopic (exact) mass is 646 g/mol. The van der Waals surface area contributed by atoms with Crippen LogP contribution in [0, 0.1) is 13.8 Å². The zero-order chi connectivity index (χ0) is 27.4. The van der Waals surface area contributed by atoms with Crippen LogP contribution in [-0.4, -0.2) is 11.6 Å². The lowest BCUT2D eigenvalue weighted by atomic mass is 10.00. The third-order valence-electron chi connectivity index (χ3n) is 7.82. The average Bonchev–Trinajstić information content (AvgIpc) is 3.49. The molecule has 7 rings (SSSR count). The number of hydrogen-bond donors (Lipinski definition) is 0. The second-order valence-corrected chi connectivity index (χ2v) is 11.7. The van der Waals surface area contributed by atoms with Crippen LogP contribution >= 0.6 is 31.5 Å². The summed E-state index contributed by atoms with van der Waals surface area (Å²) in [5.41, 5.74) is 11.9. The smallest absolute Gasteiger partial charge is 0.354 e. The molecule has 0 aliphatic carbocycles. The van der Waals surface area contributed by atoms with Gasteiger partial charge in [-0.25, -0.2) is 0 Å². The molecule has 2 aliphatic rings. The highest BCUT2D eigenvalue weighted by Gasteiger charge is 2.49. The number of anilines is 8. The van der Waals surface area contributed by atoms with Crippen LogP contribution in [0.5, 0.6) is 0 Å². The molecular weight excluding hydrogens is 622 g/mol. The first-order chi connectivity index (χ1) is 19.6. The van der Waals surface area contributed by atoms with Crippen molar-refractivity contribution in [3.05, 3.63) is 132 Å². The first kappa shape index (κ1) is 25.4. The molecule has 0 atom stereocenters. The van der Waals surface area contributed by atoms with Crippen LogP contribution in [0.2, 0.25) is 0 Å². The van der Waals surface area contributed by atoms with E-state index in [0.29, 0.717) is 0 Å². The number of hydrogen-bond acceptors (Lipinski definition) is 4. The van der Waals surface area contributed by atoms with Crippen molar-refractivity contribution >= 4 is 88.6 Å². The molecule has 0 saturated carbocycles. The van der Waals surface area contributed by atoms with E-state index in [0.717, 1.165) is 22.7 Å². The van der Waals surface area contributed by atoms with Crippen molar-refractivity contribution < 1.29 is 0 Å². The van der Waals surface area contributed by atoms with Gasteiger partial charge in [-0.05, 0) is 73.5 Å². The van der Waals surface area contributed by atoms with Crippen molar-refractivity contribution in [1.82, 2.24) is 0 Å². The van der Waals surface area contributed by atoms with Crippen molar-refractivity contribution in [3.63, 3.8) is 0 Å². The summed E-state index contributed by atoms with van der Waals surface area (Å²) < 4.78 is 0. The minimum Gasteiger partial charge on any atom is -0.354 e. The minimum absolute atomic E-state index is 0.0951. The first-order valence-electron chi connectivity index (χ1n) is 13.4. The van der Waals surface area contributed by atoms with Gasteiger partial charge >= 0.3 is 11.6 Å². The Kier molecular flexibility index (Phi) is 6.40. The van der Waals surface area contributed by atoms with Gasteiger partial charge < -0.3 is 19.2 Å². The summed E-state index contributed by atoms with van der Waals surface area (Å²) in [5.74, 6) is -0.190. The van der Waals surface area contributed by atoms with Crippen molar-refractivity contribution in [2.75, 3.05) is 19.2 Å². The Morgan fingerprint density at radius 3 is 0.775 bits per heavy atom. The lowest BCUT2D eigenvalue weighted by Gasteiger charge is -2.28. The van der Waals surface area contributed by atoms with Gasteiger partial charge in [0.2, 0.25) is 0 Å². The van der Waals surface area contributed by atoms with E-state index in [1.165, 1.54) is 33.9 Å². The molecule has 2 aliphatic heterocycles. The summed E-state index contributed by atoms with van der Waals surface area (Å²) in [5, 5.41) is 0. The Morgan fingerprint density at radius 2 is 0.575 bits per heavy atom. The summed E-state index contributed by atoms with van der Waals surface area (Å²) in [6, 6.07) is 42.7. The molecule has 0 spiro atoms. The van der Waals surface area contributed by atoms with E-state index in [1.54, 1.807) is 0 Å². The average molecular weight is 648 g/mol. The minimum atomic E-state index is -0.0951. The third-order valence-corrected chi connectivity index (χ3v) is 9.46. The molecule has 0 N–H and O–H groups in total. The molecule has 4 nitrogen and oxygen atoms in total. The standard InChI is InChI=1S/C32H26B2Br2N4/c1-23-29-31(39(27-19-11-5-12-20-27)33(35)37(29)25-15-7-3-8-16-25)24(2)32-30(23)38(26-17-9-4-10-18-26)34(36)40(32)28-21-13-6-14-22-28/h3-22H,1-2H3. The van der Waals surface area contributed by atoms with Crippen molar-refractivity contribution in [2.24, 2.45) is 0 Å². The Balaban J connectivity index is 1.56. The summed E-state index contributed by atoms with van der Waals surface area (Å²) in [6.07, 6.45) is 0. The number of nitrogens with zero attached hydrogens (tertiary/aromatic N) is 4. The van der Waals surface area contributed by atoms with Crippen LogP contribution in [0.15, 0.2) is 121 Å². The fourth-order valence-corrected chi connectivity index (χ4v) is 7.90. The normalized spacial score (nSPS) is 14.2. The second kappa shape index (κ2) is 10.1. The summed E-state index contributed by atoms with van der Waals surface area (Å²) in [6.45, 7) is 4.54. The molecule has 0 amide bonds. The fourth-order valence-electron chi connectivity index (χ4n) is 6.13. The predicted molar refractivity (Wildman–Crippen MR) is 180 cm³/mol. The fraction of sp³-hybridized carbons (Fsp3) is 0.0625. The molecule has 5 aromatic rings. The summed E-state index contributed by atoms with van der Waals surface area (Å²) >= 11 is 8.26. The molecule has 0 unspecified atom stereocenters. The molecule has 5 aromatic carbocycles. The quantitative estimate of drug-likeness (QED) is 0.180. The second-order valence-electron chi connectivity index (χ2n) is 10.1. The van der Waals surface area contributed by atoms with Gasteiger partial charge in [-0.2, -0.15) is 0 Å². The SMILES string of the molecule is Cc1c2c(c(C)c3c1N(c1ccccc1)B(Br)N3c1ccccc1)N(c1ccccc1)B(Br)N2c1ccccc1. The molecule has 8 heteroatoms. The van der Waals surface area contributed by atoms with Crippen LogP contribution in [0.3, 0.4) is 0 Å². The molecule has 194 valence electrons. The van der Waals surface area contributed by atoms with Gasteiger partial charge in [0.1, 0.15) is 0 Å². The van der Waals surface area contributed by atoms with E-state index >= 15 is 0 Å². The van der Waals surface area contributed by atoms with E-state index in [4.69, 9.17) is 0 Å². The number of rotatable bonds is 4. The molecule has 0 radical (unpaired) electrons. The molecule has 0 fully saturated rings. The third kappa shape index (κ3) is 3.80. The largest absolute Gasteiger partial charge is 0.465 e. The van der Waals surface area contributed by atoms with E-state index in [2.05, 4.69) is 186 Å². The van der Waals surface area contributed by atoms with E-state index in [9.17, 15) is 0 Å². The van der Waals surface area contributed by atoms with Crippen LogP contribution < -0.4 is 19.2 Å². The molecule has 0 saturated heterocycles. The maximum absolute atomic E-state index is 4.13. The van der Waals surface area contributed by atoms with E-state index in [-0.39, 0.29) is 11.6 Å². The van der Waals surface area contributed by atoms with Crippen molar-refractivity contribution in [3.8, 4) is 0 Å². The molecule has 40 heavy (non-hydrogen) atoms. The van der Waals surface area contributed by atoms with Gasteiger partial charge in [-0.1, -0.05) is 104 Å². The first-order valence-corrected chi connectivity index (χ1v) is 15.2. The van der Waals surface area contributed by atoms with Gasteiger partial charge in [0, 0.05) is 22.7 Å². The summed E-state index contributed by atoms with van der Waals surface area (Å²) in [7, 11) is 0. The lowest BCUT2D eigenvalue weighted by Crippen LogP contribution is -2.39. The zero-order valence-corrected chi connectivity index (χ0v) is 25.4. The van der Waals surface area contributed by atoms with Gasteiger partial charge in [-0.15, -0.1) is 0 Å². The Morgan fingerprint density at radius 1 is 0.375 bits per heavy atom. The van der Waals surface area contributed by atoms with E-state index in [1.807, 2.05) is 0 Å². The number of benzene rings is 5. The molecule has 0 bridgehead atoms. The Hall–Kier alpha value is -3.61. The van der Waals surface area contributed by atoms with Crippen LogP contribution in [-0.2, 0) is 0 Å². The zero-order valence-electron chi connectivity index (χ0n) is 22.2. The number of para-hydroxylation sites is 4. The molecule has 0 aromatic heterocycles. The summed E-state index contributed by atoms with van der Waals surface area (Å²) in [4.78, 5) is 9.68. The highest BCUT2D eigenvalue weighted by atomic mass is 79.9. The van der Waals surface area contributed by atoms with Crippen LogP contribution in [0.4, 0.5) is 45.5 Å². The highest BCUT2D eigenvalue weighted by Crippen LogP contribution is 2.61.